The molecule has 0 fully saturated rings. The third-order valence-corrected chi connectivity index (χ3v) is 1.92. The summed E-state index contributed by atoms with van der Waals surface area (Å²) in [5.41, 5.74) is 0.554. The van der Waals surface area contributed by atoms with E-state index >= 15 is 0 Å². The first-order chi connectivity index (χ1) is 7.79. The summed E-state index contributed by atoms with van der Waals surface area (Å²) in [6.45, 7) is 0. The topological polar surface area (TPSA) is 79.9 Å². The fraction of sp³-hybridized carbons (Fsp3) is 0.100. The van der Waals surface area contributed by atoms with Crippen molar-refractivity contribution in [3.8, 4) is 6.01 Å². The molecule has 0 saturated heterocycles. The molecule has 0 spiro atoms. The molecule has 0 aliphatic carbocycles. The predicted molar refractivity (Wildman–Crippen MR) is 57.3 cm³/mol. The number of amides is 1. The second kappa shape index (κ2) is 4.43. The van der Waals surface area contributed by atoms with Crippen molar-refractivity contribution in [3.05, 3.63) is 35.9 Å². The number of aromatic amines is 1. The zero-order chi connectivity index (χ0) is 11.4. The van der Waals surface area contributed by atoms with Crippen LogP contribution in [0.1, 0.15) is 10.4 Å². The molecule has 0 aliphatic heterocycles. The van der Waals surface area contributed by atoms with Crippen LogP contribution in [-0.2, 0) is 0 Å². The maximum atomic E-state index is 11.7. The number of aromatic nitrogens is 3. The van der Waals surface area contributed by atoms with Gasteiger partial charge in [0.1, 0.15) is 0 Å². The molecule has 0 radical (unpaired) electrons. The van der Waals surface area contributed by atoms with Gasteiger partial charge in [-0.2, -0.15) is 4.98 Å². The number of benzene rings is 1. The fourth-order valence-corrected chi connectivity index (χ4v) is 1.16. The summed E-state index contributed by atoms with van der Waals surface area (Å²) in [4.78, 5) is 15.5. The van der Waals surface area contributed by atoms with E-state index in [2.05, 4.69) is 20.5 Å². The Morgan fingerprint density at radius 3 is 2.75 bits per heavy atom. The van der Waals surface area contributed by atoms with Crippen molar-refractivity contribution in [2.75, 3.05) is 12.4 Å². The minimum Gasteiger partial charge on any atom is -0.466 e. The zero-order valence-electron chi connectivity index (χ0n) is 8.60. The van der Waals surface area contributed by atoms with Crippen molar-refractivity contribution in [3.63, 3.8) is 0 Å². The number of nitrogens with zero attached hydrogens (tertiary/aromatic N) is 2. The highest BCUT2D eigenvalue weighted by Crippen LogP contribution is 2.07. The van der Waals surface area contributed by atoms with Crippen LogP contribution in [0.2, 0.25) is 0 Å². The quantitative estimate of drug-likeness (QED) is 0.807. The summed E-state index contributed by atoms with van der Waals surface area (Å²) in [6, 6.07) is 9.02. The van der Waals surface area contributed by atoms with E-state index in [0.29, 0.717) is 5.56 Å². The van der Waals surface area contributed by atoms with Crippen molar-refractivity contribution >= 4 is 11.9 Å². The molecule has 6 heteroatoms. The smallest absolute Gasteiger partial charge is 0.336 e. The van der Waals surface area contributed by atoms with E-state index in [0.717, 1.165) is 0 Å². The minimum atomic E-state index is -0.251. The molecule has 2 aromatic rings. The zero-order valence-corrected chi connectivity index (χ0v) is 8.60. The Bertz CT molecular complexity index is 481. The number of hydrogen-bond donors (Lipinski definition) is 2. The van der Waals surface area contributed by atoms with Crippen LogP contribution in [0.15, 0.2) is 30.3 Å². The molecule has 0 saturated carbocycles. The van der Waals surface area contributed by atoms with E-state index in [9.17, 15) is 4.79 Å². The van der Waals surface area contributed by atoms with Crippen LogP contribution >= 0.6 is 0 Å². The molecule has 82 valence electrons. The number of nitrogens with one attached hydrogen (secondary N) is 2. The second-order valence-electron chi connectivity index (χ2n) is 2.99. The summed E-state index contributed by atoms with van der Waals surface area (Å²) in [6.07, 6.45) is 0. The van der Waals surface area contributed by atoms with Gasteiger partial charge in [-0.05, 0) is 12.1 Å². The average Bonchev–Trinajstić information content (AvgIpc) is 2.78. The van der Waals surface area contributed by atoms with Crippen molar-refractivity contribution in [1.82, 2.24) is 15.2 Å². The largest absolute Gasteiger partial charge is 0.466 e. The van der Waals surface area contributed by atoms with E-state index in [4.69, 9.17) is 4.74 Å². The molecule has 2 N–H and O–H groups in total. The van der Waals surface area contributed by atoms with E-state index in [1.54, 1.807) is 24.3 Å². The van der Waals surface area contributed by atoms with Crippen LogP contribution in [0.4, 0.5) is 5.95 Å². The van der Waals surface area contributed by atoms with E-state index in [1.807, 2.05) is 6.07 Å². The molecule has 6 nitrogen and oxygen atoms in total. The molecule has 1 amide bonds. The molecule has 1 aromatic heterocycles. The van der Waals surface area contributed by atoms with Crippen LogP contribution < -0.4 is 10.1 Å². The van der Waals surface area contributed by atoms with Gasteiger partial charge < -0.3 is 4.74 Å². The second-order valence-corrected chi connectivity index (χ2v) is 2.99. The summed E-state index contributed by atoms with van der Waals surface area (Å²) in [7, 11) is 1.45. The van der Waals surface area contributed by atoms with E-state index < -0.39 is 0 Å². The third-order valence-electron chi connectivity index (χ3n) is 1.92. The maximum Gasteiger partial charge on any atom is 0.336 e. The van der Waals surface area contributed by atoms with Gasteiger partial charge in [-0.1, -0.05) is 18.2 Å². The lowest BCUT2D eigenvalue weighted by atomic mass is 10.2. The molecule has 1 aromatic carbocycles. The standard InChI is InChI=1S/C10H10N4O2/c1-16-10-12-9(13-14-10)11-8(15)7-5-3-2-4-6-7/h2-6H,1H3,(H2,11,12,13,14,15). The highest BCUT2D eigenvalue weighted by molar-refractivity contribution is 6.03. The monoisotopic (exact) mass is 218 g/mol. The normalized spacial score (nSPS) is 9.81. The lowest BCUT2D eigenvalue weighted by Gasteiger charge is -1.99. The van der Waals surface area contributed by atoms with Crippen molar-refractivity contribution < 1.29 is 9.53 Å². The highest BCUT2D eigenvalue weighted by Gasteiger charge is 2.08. The highest BCUT2D eigenvalue weighted by atomic mass is 16.5. The number of carbonyl (C=O) groups excluding carboxylic acids is 1. The minimum absolute atomic E-state index is 0.184. The van der Waals surface area contributed by atoms with Gasteiger partial charge in [0.05, 0.1) is 7.11 Å². The Hall–Kier alpha value is -2.37. The molecule has 16 heavy (non-hydrogen) atoms. The Labute approximate surface area is 91.7 Å². The number of rotatable bonds is 3. The number of H-pyrrole nitrogens is 1. The van der Waals surface area contributed by atoms with Gasteiger partial charge in [0.25, 0.3) is 5.91 Å². The Morgan fingerprint density at radius 1 is 1.38 bits per heavy atom. The van der Waals surface area contributed by atoms with Gasteiger partial charge in [0, 0.05) is 5.56 Å². The van der Waals surface area contributed by atoms with E-state index in [1.165, 1.54) is 7.11 Å². The Kier molecular flexibility index (Phi) is 2.81. The fourth-order valence-electron chi connectivity index (χ4n) is 1.16. The number of ether oxygens (including phenoxy) is 1. The predicted octanol–water partition coefficient (Wildman–Crippen LogP) is 1.07. The first kappa shape index (κ1) is 10.2. The van der Waals surface area contributed by atoms with Gasteiger partial charge in [-0.15, -0.1) is 5.10 Å². The summed E-state index contributed by atoms with van der Waals surface area (Å²) in [5.74, 6) is 0.00473. The van der Waals surface area contributed by atoms with Crippen LogP contribution in [0.25, 0.3) is 0 Å². The molecule has 0 unspecified atom stereocenters. The maximum absolute atomic E-state index is 11.7. The van der Waals surface area contributed by atoms with Gasteiger partial charge in [-0.3, -0.25) is 10.1 Å². The average molecular weight is 218 g/mol. The van der Waals surface area contributed by atoms with Crippen molar-refractivity contribution in [1.29, 1.82) is 0 Å². The number of methoxy groups -OCH3 is 1. The molecule has 0 aliphatic rings. The first-order valence-electron chi connectivity index (χ1n) is 4.62. The third kappa shape index (κ3) is 2.17. The lowest BCUT2D eigenvalue weighted by Crippen LogP contribution is -2.12. The molecule has 2 rings (SSSR count). The van der Waals surface area contributed by atoms with Crippen LogP contribution in [-0.4, -0.2) is 28.2 Å². The number of anilines is 1. The molecular weight excluding hydrogens is 208 g/mol. The van der Waals surface area contributed by atoms with Gasteiger partial charge in [0.15, 0.2) is 0 Å². The van der Waals surface area contributed by atoms with Crippen molar-refractivity contribution in [2.24, 2.45) is 0 Å². The Morgan fingerprint density at radius 2 is 2.12 bits per heavy atom. The molecule has 0 atom stereocenters. The number of carbonyl (C=O) groups is 1. The van der Waals surface area contributed by atoms with E-state index in [-0.39, 0.29) is 17.9 Å². The molecule has 0 bridgehead atoms. The van der Waals surface area contributed by atoms with Crippen LogP contribution in [0, 0.1) is 0 Å². The number of hydrogen-bond acceptors (Lipinski definition) is 4. The summed E-state index contributed by atoms with van der Waals surface area (Å²) < 4.78 is 4.78. The SMILES string of the molecule is COc1n[nH]c(NC(=O)c2ccccc2)n1. The van der Waals surface area contributed by atoms with Crippen LogP contribution in [0.5, 0.6) is 6.01 Å². The summed E-state index contributed by atoms with van der Waals surface area (Å²) in [5, 5.41) is 8.81. The lowest BCUT2D eigenvalue weighted by molar-refractivity contribution is 0.102. The van der Waals surface area contributed by atoms with Gasteiger partial charge in [0.2, 0.25) is 5.95 Å². The van der Waals surface area contributed by atoms with Crippen LogP contribution in [0.3, 0.4) is 0 Å². The Balaban J connectivity index is 2.08. The van der Waals surface area contributed by atoms with Crippen molar-refractivity contribution in [2.45, 2.75) is 0 Å². The van der Waals surface area contributed by atoms with Gasteiger partial charge >= 0.3 is 6.01 Å². The molecule has 1 heterocycles. The first-order valence-corrected chi connectivity index (χ1v) is 4.62. The summed E-state index contributed by atoms with van der Waals surface area (Å²) >= 11 is 0. The van der Waals surface area contributed by atoms with Gasteiger partial charge in [-0.25, -0.2) is 5.10 Å². The molecular formula is C10H10N4O2.